The van der Waals surface area contributed by atoms with Crippen LogP contribution in [-0.2, 0) is 4.79 Å². The minimum absolute atomic E-state index is 0.132. The van der Waals surface area contributed by atoms with Gasteiger partial charge in [0.1, 0.15) is 5.82 Å². The molecular weight excluding hydrogens is 340 g/mol. The largest absolute Gasteiger partial charge is 0.372 e. The third-order valence-corrected chi connectivity index (χ3v) is 4.94. The molecule has 7 nitrogen and oxygen atoms in total. The number of rotatable bonds is 6. The maximum atomic E-state index is 11.5. The van der Waals surface area contributed by atoms with E-state index in [1.165, 1.54) is 5.69 Å². The van der Waals surface area contributed by atoms with Gasteiger partial charge in [-0.3, -0.25) is 4.79 Å². The number of nitrogens with one attached hydrogen (secondary N) is 1. The standard InChI is InChI=1S/C20H28N6O/c1-4-24(5-2)18-8-6-17(7-9-18)22-20-21-11-10-19(23-20)26-14-12-25(13-15-26)16(3)27/h6-11H,4-5,12-15H2,1-3H3,(H,21,22,23). The first-order valence-corrected chi connectivity index (χ1v) is 9.56. The van der Waals surface area contributed by atoms with Gasteiger partial charge in [0.05, 0.1) is 0 Å². The third kappa shape index (κ3) is 4.67. The zero-order valence-electron chi connectivity index (χ0n) is 16.4. The SMILES string of the molecule is CCN(CC)c1ccc(Nc2nccc(N3CCN(C(C)=O)CC3)n2)cc1. The molecule has 2 aromatic rings. The van der Waals surface area contributed by atoms with E-state index in [1.807, 2.05) is 11.0 Å². The molecule has 0 bridgehead atoms. The molecule has 7 heteroatoms. The minimum Gasteiger partial charge on any atom is -0.372 e. The van der Waals surface area contributed by atoms with Crippen LogP contribution in [0.25, 0.3) is 0 Å². The second-order valence-corrected chi connectivity index (χ2v) is 6.58. The molecular formula is C20H28N6O. The summed E-state index contributed by atoms with van der Waals surface area (Å²) < 4.78 is 0. The molecule has 144 valence electrons. The Balaban J connectivity index is 1.65. The maximum Gasteiger partial charge on any atom is 0.229 e. The molecule has 0 atom stereocenters. The van der Waals surface area contributed by atoms with E-state index in [-0.39, 0.29) is 5.91 Å². The Morgan fingerprint density at radius 2 is 1.74 bits per heavy atom. The van der Waals surface area contributed by atoms with Crippen LogP contribution in [0.2, 0.25) is 0 Å². The van der Waals surface area contributed by atoms with Crippen molar-refractivity contribution in [3.8, 4) is 0 Å². The van der Waals surface area contributed by atoms with Gasteiger partial charge in [-0.2, -0.15) is 4.98 Å². The highest BCUT2D eigenvalue weighted by atomic mass is 16.2. The lowest BCUT2D eigenvalue weighted by molar-refractivity contribution is -0.129. The van der Waals surface area contributed by atoms with E-state index in [1.54, 1.807) is 13.1 Å². The van der Waals surface area contributed by atoms with Crippen molar-refractivity contribution < 1.29 is 4.79 Å². The lowest BCUT2D eigenvalue weighted by Gasteiger charge is -2.34. The first-order valence-electron chi connectivity index (χ1n) is 9.56. The number of hydrogen-bond donors (Lipinski definition) is 1. The summed E-state index contributed by atoms with van der Waals surface area (Å²) in [5.41, 5.74) is 2.17. The Labute approximate surface area is 161 Å². The molecule has 1 aliphatic rings. The first-order chi connectivity index (χ1) is 13.1. The molecule has 0 saturated carbocycles. The highest BCUT2D eigenvalue weighted by Gasteiger charge is 2.19. The van der Waals surface area contributed by atoms with E-state index in [2.05, 4.69) is 63.2 Å². The van der Waals surface area contributed by atoms with Crippen LogP contribution in [0.3, 0.4) is 0 Å². The van der Waals surface area contributed by atoms with Crippen LogP contribution in [0.1, 0.15) is 20.8 Å². The predicted octanol–water partition coefficient (Wildman–Crippen LogP) is 2.73. The summed E-state index contributed by atoms with van der Waals surface area (Å²) in [6.07, 6.45) is 1.77. The van der Waals surface area contributed by atoms with Crippen LogP contribution in [0.4, 0.5) is 23.1 Å². The molecule has 2 heterocycles. The lowest BCUT2D eigenvalue weighted by Crippen LogP contribution is -2.48. The van der Waals surface area contributed by atoms with E-state index in [4.69, 9.17) is 0 Å². The van der Waals surface area contributed by atoms with Crippen LogP contribution in [0, 0.1) is 0 Å². The normalized spacial score (nSPS) is 14.2. The second kappa shape index (κ2) is 8.70. The van der Waals surface area contributed by atoms with E-state index < -0.39 is 0 Å². The summed E-state index contributed by atoms with van der Waals surface area (Å²) in [6, 6.07) is 10.2. The third-order valence-electron chi connectivity index (χ3n) is 4.94. The van der Waals surface area contributed by atoms with Crippen molar-refractivity contribution >= 4 is 29.0 Å². The molecule has 1 saturated heterocycles. The maximum absolute atomic E-state index is 11.5. The molecule has 1 aliphatic heterocycles. The van der Waals surface area contributed by atoms with Gasteiger partial charge in [0, 0.05) is 63.8 Å². The molecule has 1 aromatic carbocycles. The summed E-state index contributed by atoms with van der Waals surface area (Å²) in [5.74, 6) is 1.60. The summed E-state index contributed by atoms with van der Waals surface area (Å²) >= 11 is 0. The first kappa shape index (κ1) is 18.9. The van der Waals surface area contributed by atoms with Crippen molar-refractivity contribution in [3.05, 3.63) is 36.5 Å². The molecule has 1 aromatic heterocycles. The monoisotopic (exact) mass is 368 g/mol. The second-order valence-electron chi connectivity index (χ2n) is 6.58. The lowest BCUT2D eigenvalue weighted by atomic mass is 10.2. The van der Waals surface area contributed by atoms with Crippen LogP contribution in [0.15, 0.2) is 36.5 Å². The molecule has 0 spiro atoms. The van der Waals surface area contributed by atoms with Crippen molar-refractivity contribution in [2.45, 2.75) is 20.8 Å². The Morgan fingerprint density at radius 1 is 1.07 bits per heavy atom. The number of anilines is 4. The van der Waals surface area contributed by atoms with Crippen molar-refractivity contribution in [2.75, 3.05) is 54.4 Å². The summed E-state index contributed by atoms with van der Waals surface area (Å²) in [4.78, 5) is 26.8. The Bertz CT molecular complexity index is 751. The highest BCUT2D eigenvalue weighted by molar-refractivity contribution is 5.73. The zero-order chi connectivity index (χ0) is 19.2. The highest BCUT2D eigenvalue weighted by Crippen LogP contribution is 2.21. The Hall–Kier alpha value is -2.83. The Kier molecular flexibility index (Phi) is 6.11. The van der Waals surface area contributed by atoms with Crippen LogP contribution < -0.4 is 15.1 Å². The molecule has 27 heavy (non-hydrogen) atoms. The number of aromatic nitrogens is 2. The Morgan fingerprint density at radius 3 is 2.33 bits per heavy atom. The topological polar surface area (TPSA) is 64.6 Å². The van der Waals surface area contributed by atoms with Gasteiger partial charge < -0.3 is 20.0 Å². The fraction of sp³-hybridized carbons (Fsp3) is 0.450. The molecule has 0 aliphatic carbocycles. The van der Waals surface area contributed by atoms with Crippen LogP contribution in [-0.4, -0.2) is 60.0 Å². The minimum atomic E-state index is 0.132. The van der Waals surface area contributed by atoms with Gasteiger partial charge in [-0.25, -0.2) is 4.98 Å². The molecule has 1 fully saturated rings. The average Bonchev–Trinajstić information content (AvgIpc) is 2.70. The van der Waals surface area contributed by atoms with Crippen molar-refractivity contribution in [2.24, 2.45) is 0 Å². The molecule has 3 rings (SSSR count). The van der Waals surface area contributed by atoms with Gasteiger partial charge in [-0.15, -0.1) is 0 Å². The zero-order valence-corrected chi connectivity index (χ0v) is 16.4. The van der Waals surface area contributed by atoms with Crippen LogP contribution in [0.5, 0.6) is 0 Å². The average molecular weight is 368 g/mol. The van der Waals surface area contributed by atoms with E-state index in [0.717, 1.165) is 50.8 Å². The molecule has 1 N–H and O–H groups in total. The number of amides is 1. The van der Waals surface area contributed by atoms with Gasteiger partial charge >= 0.3 is 0 Å². The molecule has 0 unspecified atom stereocenters. The van der Waals surface area contributed by atoms with Crippen molar-refractivity contribution in [1.82, 2.24) is 14.9 Å². The summed E-state index contributed by atoms with van der Waals surface area (Å²) in [5, 5.41) is 3.28. The molecule has 1 amide bonds. The number of benzene rings is 1. The van der Waals surface area contributed by atoms with Crippen molar-refractivity contribution in [1.29, 1.82) is 0 Å². The van der Waals surface area contributed by atoms with Crippen LogP contribution >= 0.6 is 0 Å². The number of nitrogens with zero attached hydrogens (tertiary/aromatic N) is 5. The van der Waals surface area contributed by atoms with Crippen molar-refractivity contribution in [3.63, 3.8) is 0 Å². The predicted molar refractivity (Wildman–Crippen MR) is 110 cm³/mol. The van der Waals surface area contributed by atoms with Gasteiger partial charge in [0.2, 0.25) is 11.9 Å². The number of hydrogen-bond acceptors (Lipinski definition) is 6. The molecule has 0 radical (unpaired) electrons. The number of piperazine rings is 1. The smallest absolute Gasteiger partial charge is 0.229 e. The van der Waals surface area contributed by atoms with Gasteiger partial charge in [-0.1, -0.05) is 0 Å². The fourth-order valence-corrected chi connectivity index (χ4v) is 3.31. The summed E-state index contributed by atoms with van der Waals surface area (Å²) in [6.45, 7) is 11.0. The van der Waals surface area contributed by atoms with Gasteiger partial charge in [-0.05, 0) is 44.2 Å². The quantitative estimate of drug-likeness (QED) is 0.846. The fourth-order valence-electron chi connectivity index (χ4n) is 3.31. The van der Waals surface area contributed by atoms with E-state index in [0.29, 0.717) is 5.95 Å². The number of carbonyl (C=O) groups is 1. The van der Waals surface area contributed by atoms with Gasteiger partial charge in [0.25, 0.3) is 0 Å². The number of carbonyl (C=O) groups excluding carboxylic acids is 1. The van der Waals surface area contributed by atoms with Gasteiger partial charge in [0.15, 0.2) is 0 Å². The van der Waals surface area contributed by atoms with E-state index in [9.17, 15) is 4.79 Å². The van der Waals surface area contributed by atoms with E-state index >= 15 is 0 Å². The summed E-state index contributed by atoms with van der Waals surface area (Å²) in [7, 11) is 0.